The second-order valence-corrected chi connectivity index (χ2v) is 13.7. The molecule has 3 aliphatic heterocycles. The fraction of sp³-hybridized carbons (Fsp3) is 0.436. The molecule has 49 heavy (non-hydrogen) atoms. The molecule has 3 aromatic carbocycles. The Morgan fingerprint density at radius 2 is 1.90 bits per heavy atom. The Hall–Kier alpha value is -4.22. The zero-order valence-electron chi connectivity index (χ0n) is 27.8. The van der Waals surface area contributed by atoms with Gasteiger partial charge in [-0.2, -0.15) is 0 Å². The summed E-state index contributed by atoms with van der Waals surface area (Å²) in [5, 5.41) is 28.4. The van der Waals surface area contributed by atoms with Crippen LogP contribution < -0.4 is 16.2 Å². The number of carbonyl (C=O) groups is 1. The number of ether oxygens (including phenoxy) is 2. The summed E-state index contributed by atoms with van der Waals surface area (Å²) in [5.74, 6) is 0.250. The largest absolute Gasteiger partial charge is 0.506 e. The molecule has 1 aliphatic carbocycles. The van der Waals surface area contributed by atoms with E-state index in [4.69, 9.17) is 9.47 Å². The van der Waals surface area contributed by atoms with Crippen molar-refractivity contribution in [2.75, 3.05) is 44.6 Å². The minimum Gasteiger partial charge on any atom is -0.506 e. The van der Waals surface area contributed by atoms with Crippen LogP contribution in [0.4, 0.5) is 5.69 Å². The number of esters is 1. The van der Waals surface area contributed by atoms with Crippen LogP contribution in [0.25, 0.3) is 10.9 Å². The first-order chi connectivity index (χ1) is 23.9. The predicted octanol–water partition coefficient (Wildman–Crippen LogP) is 4.74. The van der Waals surface area contributed by atoms with Crippen molar-refractivity contribution in [2.24, 2.45) is 5.92 Å². The van der Waals surface area contributed by atoms with Crippen molar-refractivity contribution < 1.29 is 24.5 Å². The summed E-state index contributed by atoms with van der Waals surface area (Å²) in [5.41, 5.74) is 3.85. The van der Waals surface area contributed by atoms with Crippen molar-refractivity contribution in [3.05, 3.63) is 105 Å². The summed E-state index contributed by atoms with van der Waals surface area (Å²) in [4.78, 5) is 30.8. The first-order valence-corrected chi connectivity index (χ1v) is 17.6. The van der Waals surface area contributed by atoms with Gasteiger partial charge >= 0.3 is 5.97 Å². The Kier molecular flexibility index (Phi) is 10.00. The number of aromatic amines is 1. The Morgan fingerprint density at radius 1 is 1.04 bits per heavy atom. The number of aliphatic hydroxyl groups excluding tert-OH is 1. The van der Waals surface area contributed by atoms with Gasteiger partial charge in [0.2, 0.25) is 5.56 Å². The summed E-state index contributed by atoms with van der Waals surface area (Å²) in [6.45, 7) is 5.16. The number of hydrogen-bond acceptors (Lipinski definition) is 9. The lowest BCUT2D eigenvalue weighted by Crippen LogP contribution is -2.54. The fourth-order valence-electron chi connectivity index (χ4n) is 7.81. The molecule has 10 nitrogen and oxygen atoms in total. The molecule has 2 bridgehead atoms. The van der Waals surface area contributed by atoms with E-state index in [-0.39, 0.29) is 23.4 Å². The van der Waals surface area contributed by atoms with E-state index in [1.807, 2.05) is 30.3 Å². The number of carbonyl (C=O) groups excluding carboxylic acids is 1. The van der Waals surface area contributed by atoms with E-state index >= 15 is 0 Å². The maximum absolute atomic E-state index is 14.1. The van der Waals surface area contributed by atoms with Gasteiger partial charge in [-0.15, -0.1) is 0 Å². The number of anilines is 1. The number of nitrogens with one attached hydrogen (secondary N) is 3. The number of hydrogen-bond donors (Lipinski definition) is 5. The maximum Gasteiger partial charge on any atom is 0.336 e. The normalized spacial score (nSPS) is 23.3. The zero-order chi connectivity index (χ0) is 33.8. The molecule has 0 spiro atoms. The molecule has 1 unspecified atom stereocenters. The van der Waals surface area contributed by atoms with Crippen LogP contribution >= 0.6 is 0 Å². The Balaban J connectivity index is 0.892. The number of H-pyrrole nitrogens is 1. The number of benzene rings is 3. The number of unbranched alkanes of at least 4 members (excludes halogenated alkanes) is 1. The number of aromatic nitrogens is 1. The molecule has 258 valence electrons. The molecule has 4 aromatic rings. The van der Waals surface area contributed by atoms with Gasteiger partial charge in [0.05, 0.1) is 18.2 Å². The lowest BCUT2D eigenvalue weighted by molar-refractivity contribution is -0.164. The molecular formula is C39H46N4O6. The van der Waals surface area contributed by atoms with Gasteiger partial charge in [-0.05, 0) is 111 Å². The number of aliphatic hydroxyl groups is 1. The van der Waals surface area contributed by atoms with Gasteiger partial charge in [-0.3, -0.25) is 9.69 Å². The van der Waals surface area contributed by atoms with E-state index in [0.29, 0.717) is 55.1 Å². The van der Waals surface area contributed by atoms with Gasteiger partial charge < -0.3 is 35.3 Å². The first kappa shape index (κ1) is 33.3. The van der Waals surface area contributed by atoms with E-state index in [2.05, 4.69) is 38.7 Å². The molecule has 5 N–H and O–H groups in total. The molecule has 3 atom stereocenters. The first-order valence-electron chi connectivity index (χ1n) is 17.6. The quantitative estimate of drug-likeness (QED) is 0.0955. The van der Waals surface area contributed by atoms with Crippen LogP contribution in [0.15, 0.2) is 77.6 Å². The highest BCUT2D eigenvalue weighted by atomic mass is 16.5. The van der Waals surface area contributed by atoms with Crippen molar-refractivity contribution in [1.82, 2.24) is 15.2 Å². The van der Waals surface area contributed by atoms with Crippen molar-refractivity contribution in [1.29, 1.82) is 0 Å². The lowest BCUT2D eigenvalue weighted by Gasteiger charge is -2.45. The fourth-order valence-corrected chi connectivity index (χ4v) is 7.81. The third kappa shape index (κ3) is 7.23. The van der Waals surface area contributed by atoms with Crippen LogP contribution in [0.1, 0.15) is 60.5 Å². The molecule has 0 radical (unpaired) electrons. The molecule has 10 heteroatoms. The standard InChI is InChI=1S/C39H46N4O6/c44-33-12-10-30(31-11-13-36(46)41-37(31)33)34(45)23-40-18-3-4-21-48-25-26-6-5-8-29(22-26)42-39(17-14-27-7-1-2-9-32(27)39)38(47)49-35-24-43-19-15-28(35)16-20-43/h1-2,5-13,22,28,34-35,40,42,44-45H,3-4,14-21,23-25H2,(H,41,46)/t34-,35-,39?/m0/s1. The lowest BCUT2D eigenvalue weighted by atomic mass is 9.85. The van der Waals surface area contributed by atoms with Crippen LogP contribution in [0.5, 0.6) is 5.75 Å². The predicted molar refractivity (Wildman–Crippen MR) is 189 cm³/mol. The molecule has 0 saturated carbocycles. The van der Waals surface area contributed by atoms with Gasteiger partial charge in [-0.1, -0.05) is 42.5 Å². The Bertz CT molecular complexity index is 1840. The van der Waals surface area contributed by atoms with E-state index in [1.165, 1.54) is 17.7 Å². The summed E-state index contributed by atoms with van der Waals surface area (Å²) in [6.07, 6.45) is 4.58. The third-order valence-electron chi connectivity index (χ3n) is 10.5. The Labute approximate surface area is 286 Å². The second kappa shape index (κ2) is 14.7. The van der Waals surface area contributed by atoms with Crippen LogP contribution in [0.2, 0.25) is 0 Å². The van der Waals surface area contributed by atoms with Gasteiger partial charge in [0, 0.05) is 36.8 Å². The van der Waals surface area contributed by atoms with E-state index in [1.54, 1.807) is 12.1 Å². The molecule has 3 fully saturated rings. The van der Waals surface area contributed by atoms with Crippen molar-refractivity contribution >= 4 is 22.6 Å². The smallest absolute Gasteiger partial charge is 0.336 e. The molecule has 4 aliphatic rings. The van der Waals surface area contributed by atoms with Gasteiger partial charge in [-0.25, -0.2) is 4.79 Å². The molecule has 4 heterocycles. The number of rotatable bonds is 14. The highest BCUT2D eigenvalue weighted by Crippen LogP contribution is 2.42. The molecule has 3 saturated heterocycles. The maximum atomic E-state index is 14.1. The number of piperidine rings is 3. The van der Waals surface area contributed by atoms with Crippen molar-refractivity contribution in [3.63, 3.8) is 0 Å². The number of fused-ring (bicyclic) bond motifs is 5. The average Bonchev–Trinajstić information content (AvgIpc) is 3.49. The third-order valence-corrected chi connectivity index (χ3v) is 10.5. The summed E-state index contributed by atoms with van der Waals surface area (Å²) in [6, 6.07) is 22.5. The van der Waals surface area contributed by atoms with E-state index in [9.17, 15) is 19.8 Å². The summed E-state index contributed by atoms with van der Waals surface area (Å²) in [7, 11) is 0. The van der Waals surface area contributed by atoms with Crippen molar-refractivity contribution in [3.8, 4) is 5.75 Å². The van der Waals surface area contributed by atoms with Crippen LogP contribution in [-0.4, -0.2) is 71.5 Å². The number of nitrogens with zero attached hydrogens (tertiary/aromatic N) is 1. The molecule has 0 amide bonds. The van der Waals surface area contributed by atoms with Gasteiger partial charge in [0.1, 0.15) is 11.9 Å². The van der Waals surface area contributed by atoms with Gasteiger partial charge in [0.25, 0.3) is 0 Å². The van der Waals surface area contributed by atoms with Crippen LogP contribution in [0.3, 0.4) is 0 Å². The minimum absolute atomic E-state index is 0.0253. The summed E-state index contributed by atoms with van der Waals surface area (Å²) < 4.78 is 12.4. The Morgan fingerprint density at radius 3 is 2.73 bits per heavy atom. The minimum atomic E-state index is -0.920. The topological polar surface area (TPSA) is 136 Å². The highest BCUT2D eigenvalue weighted by molar-refractivity contribution is 5.88. The number of aryl methyl sites for hydroxylation is 1. The van der Waals surface area contributed by atoms with E-state index < -0.39 is 11.6 Å². The van der Waals surface area contributed by atoms with Crippen molar-refractivity contribution in [2.45, 2.75) is 62.9 Å². The molecular weight excluding hydrogens is 620 g/mol. The second-order valence-electron chi connectivity index (χ2n) is 13.7. The number of phenolic OH excluding ortho intramolecular Hbond substituents is 1. The number of aromatic hydroxyl groups is 1. The highest BCUT2D eigenvalue weighted by Gasteiger charge is 2.49. The average molecular weight is 667 g/mol. The SMILES string of the molecule is O=C(O[C@H]1CN2CCC1CC2)C1(Nc2cccc(COCCCCNC[C@H](O)c3ccc(O)c4[nH]c(=O)ccc34)c2)CCc2ccccc21. The monoisotopic (exact) mass is 666 g/mol. The molecule has 8 rings (SSSR count). The zero-order valence-corrected chi connectivity index (χ0v) is 27.8. The van der Waals surface area contributed by atoms with E-state index in [0.717, 1.165) is 68.6 Å². The summed E-state index contributed by atoms with van der Waals surface area (Å²) >= 11 is 0. The van der Waals surface area contributed by atoms with Crippen LogP contribution in [-0.2, 0) is 32.8 Å². The number of pyridine rings is 1. The molecule has 1 aromatic heterocycles. The van der Waals surface area contributed by atoms with Crippen LogP contribution in [0, 0.1) is 5.92 Å². The number of phenols is 1. The van der Waals surface area contributed by atoms with Gasteiger partial charge in [0.15, 0.2) is 5.54 Å².